The second-order valence-corrected chi connectivity index (χ2v) is 9.90. The molecule has 4 aliphatic carbocycles. The SMILES string of the molecule is Cc1ccc(S(=O)(=O)N(C)C23CC4CC(CC(C4)C2)C3)cc1. The van der Waals surface area contributed by atoms with E-state index in [-0.39, 0.29) is 5.54 Å². The van der Waals surface area contributed by atoms with E-state index in [1.807, 2.05) is 26.1 Å². The minimum Gasteiger partial charge on any atom is -0.207 e. The standard InChI is InChI=1S/C18H25NO2S/c1-13-3-5-17(6-4-13)22(20,21)19(2)18-10-14-7-15(11-18)9-16(8-14)12-18/h3-6,14-16H,7-12H2,1-2H3. The molecule has 0 spiro atoms. The molecule has 4 fully saturated rings. The molecule has 0 radical (unpaired) electrons. The zero-order valence-electron chi connectivity index (χ0n) is 13.5. The molecule has 120 valence electrons. The molecule has 0 heterocycles. The van der Waals surface area contributed by atoms with E-state index < -0.39 is 10.0 Å². The number of hydrogen-bond acceptors (Lipinski definition) is 2. The zero-order valence-corrected chi connectivity index (χ0v) is 14.3. The quantitative estimate of drug-likeness (QED) is 0.854. The fourth-order valence-corrected chi connectivity index (χ4v) is 7.10. The van der Waals surface area contributed by atoms with Gasteiger partial charge in [-0.15, -0.1) is 0 Å². The third kappa shape index (κ3) is 2.15. The molecular formula is C18H25NO2S. The van der Waals surface area contributed by atoms with Crippen molar-refractivity contribution >= 4 is 10.0 Å². The van der Waals surface area contributed by atoms with Crippen molar-refractivity contribution in [2.75, 3.05) is 7.05 Å². The van der Waals surface area contributed by atoms with E-state index in [0.717, 1.165) is 42.6 Å². The largest absolute Gasteiger partial charge is 0.243 e. The van der Waals surface area contributed by atoms with Gasteiger partial charge in [0.2, 0.25) is 10.0 Å². The first-order valence-electron chi connectivity index (χ1n) is 8.45. The normalized spacial score (nSPS) is 37.0. The molecule has 1 aromatic carbocycles. The van der Waals surface area contributed by atoms with Crippen molar-refractivity contribution < 1.29 is 8.42 Å². The minimum atomic E-state index is -3.38. The fourth-order valence-electron chi connectivity index (χ4n) is 5.57. The Hall–Kier alpha value is -0.870. The molecule has 0 amide bonds. The van der Waals surface area contributed by atoms with Gasteiger partial charge in [0.25, 0.3) is 0 Å². The lowest BCUT2D eigenvalue weighted by Gasteiger charge is -2.59. The van der Waals surface area contributed by atoms with Crippen LogP contribution in [0.5, 0.6) is 0 Å². The summed E-state index contributed by atoms with van der Waals surface area (Å²) in [6.45, 7) is 1.99. The molecule has 0 aliphatic heterocycles. The number of sulfonamides is 1. The Morgan fingerprint density at radius 2 is 1.41 bits per heavy atom. The molecule has 4 bridgehead atoms. The van der Waals surface area contributed by atoms with E-state index in [1.54, 1.807) is 16.4 Å². The van der Waals surface area contributed by atoms with Crippen LogP contribution in [0, 0.1) is 24.7 Å². The second kappa shape index (κ2) is 4.81. The number of benzene rings is 1. The van der Waals surface area contributed by atoms with E-state index >= 15 is 0 Å². The fraction of sp³-hybridized carbons (Fsp3) is 0.667. The van der Waals surface area contributed by atoms with Gasteiger partial charge >= 0.3 is 0 Å². The average molecular weight is 319 g/mol. The maximum absolute atomic E-state index is 13.1. The Bertz CT molecular complexity index is 642. The van der Waals surface area contributed by atoms with Crippen LogP contribution in [0.3, 0.4) is 0 Å². The van der Waals surface area contributed by atoms with Gasteiger partial charge < -0.3 is 0 Å². The molecule has 4 saturated carbocycles. The highest BCUT2D eigenvalue weighted by molar-refractivity contribution is 7.89. The predicted octanol–water partition coefficient (Wildman–Crippen LogP) is 3.58. The molecule has 3 nitrogen and oxygen atoms in total. The van der Waals surface area contributed by atoms with Crippen molar-refractivity contribution in [3.63, 3.8) is 0 Å². The van der Waals surface area contributed by atoms with Crippen LogP contribution in [-0.4, -0.2) is 25.3 Å². The van der Waals surface area contributed by atoms with E-state index in [4.69, 9.17) is 0 Å². The molecule has 0 N–H and O–H groups in total. The van der Waals surface area contributed by atoms with Crippen molar-refractivity contribution in [3.05, 3.63) is 29.8 Å². The Morgan fingerprint density at radius 1 is 0.955 bits per heavy atom. The second-order valence-electron chi connectivity index (χ2n) is 7.93. The van der Waals surface area contributed by atoms with Gasteiger partial charge in [-0.3, -0.25) is 0 Å². The Morgan fingerprint density at radius 3 is 1.86 bits per heavy atom. The highest BCUT2D eigenvalue weighted by Crippen LogP contribution is 2.58. The first-order valence-corrected chi connectivity index (χ1v) is 9.89. The monoisotopic (exact) mass is 319 g/mol. The Labute approximate surface area is 133 Å². The number of nitrogens with zero attached hydrogens (tertiary/aromatic N) is 1. The van der Waals surface area contributed by atoms with Gasteiger partial charge in [-0.1, -0.05) is 17.7 Å². The van der Waals surface area contributed by atoms with Crippen LogP contribution < -0.4 is 0 Å². The van der Waals surface area contributed by atoms with E-state index in [9.17, 15) is 8.42 Å². The van der Waals surface area contributed by atoms with Gasteiger partial charge in [0.15, 0.2) is 0 Å². The van der Waals surface area contributed by atoms with E-state index in [2.05, 4.69) is 0 Å². The zero-order chi connectivity index (χ0) is 15.5. The highest BCUT2D eigenvalue weighted by Gasteiger charge is 2.55. The third-order valence-corrected chi connectivity index (χ3v) is 8.33. The van der Waals surface area contributed by atoms with Crippen LogP contribution in [0.15, 0.2) is 29.2 Å². The molecule has 0 unspecified atom stereocenters. The lowest BCUT2D eigenvalue weighted by atomic mass is 9.53. The average Bonchev–Trinajstić information content (AvgIpc) is 2.45. The minimum absolute atomic E-state index is 0.113. The first kappa shape index (κ1) is 14.7. The molecule has 22 heavy (non-hydrogen) atoms. The van der Waals surface area contributed by atoms with Crippen molar-refractivity contribution in [2.45, 2.75) is 55.9 Å². The Kier molecular flexibility index (Phi) is 3.22. The molecule has 4 heteroatoms. The van der Waals surface area contributed by atoms with Crippen LogP contribution in [-0.2, 0) is 10.0 Å². The van der Waals surface area contributed by atoms with Crippen LogP contribution in [0.25, 0.3) is 0 Å². The summed E-state index contributed by atoms with van der Waals surface area (Å²) in [5.41, 5.74) is 0.981. The van der Waals surface area contributed by atoms with Crippen molar-refractivity contribution in [1.82, 2.24) is 4.31 Å². The molecule has 5 rings (SSSR count). The molecule has 0 aromatic heterocycles. The van der Waals surface area contributed by atoms with Crippen molar-refractivity contribution in [2.24, 2.45) is 17.8 Å². The molecule has 4 aliphatic rings. The van der Waals surface area contributed by atoms with Gasteiger partial charge in [0.1, 0.15) is 0 Å². The summed E-state index contributed by atoms with van der Waals surface area (Å²) < 4.78 is 27.9. The first-order chi connectivity index (χ1) is 10.4. The van der Waals surface area contributed by atoms with Crippen molar-refractivity contribution in [3.8, 4) is 0 Å². The van der Waals surface area contributed by atoms with Gasteiger partial charge in [-0.2, -0.15) is 4.31 Å². The lowest BCUT2D eigenvalue weighted by molar-refractivity contribution is -0.0495. The highest BCUT2D eigenvalue weighted by atomic mass is 32.2. The number of hydrogen-bond donors (Lipinski definition) is 0. The third-order valence-electron chi connectivity index (χ3n) is 6.35. The predicted molar refractivity (Wildman–Crippen MR) is 87.0 cm³/mol. The smallest absolute Gasteiger partial charge is 0.207 e. The molecular weight excluding hydrogens is 294 g/mol. The van der Waals surface area contributed by atoms with Gasteiger partial charge in [0.05, 0.1) is 4.90 Å². The molecule has 0 saturated heterocycles. The topological polar surface area (TPSA) is 37.4 Å². The summed E-state index contributed by atoms with van der Waals surface area (Å²) in [5, 5.41) is 0. The maximum atomic E-state index is 13.1. The molecule has 1 aromatic rings. The Balaban J connectivity index is 1.69. The summed E-state index contributed by atoms with van der Waals surface area (Å²) in [7, 11) is -1.56. The number of aryl methyl sites for hydroxylation is 1. The van der Waals surface area contributed by atoms with Gasteiger partial charge in [-0.05, 0) is 75.3 Å². The van der Waals surface area contributed by atoms with Gasteiger partial charge in [-0.25, -0.2) is 8.42 Å². The van der Waals surface area contributed by atoms with Crippen LogP contribution in [0.4, 0.5) is 0 Å². The summed E-state index contributed by atoms with van der Waals surface area (Å²) in [6.07, 6.45) is 7.20. The summed E-state index contributed by atoms with van der Waals surface area (Å²) in [4.78, 5) is 0.441. The summed E-state index contributed by atoms with van der Waals surface area (Å²) >= 11 is 0. The van der Waals surface area contributed by atoms with Crippen LogP contribution in [0.1, 0.15) is 44.1 Å². The van der Waals surface area contributed by atoms with Crippen LogP contribution in [0.2, 0.25) is 0 Å². The van der Waals surface area contributed by atoms with Crippen molar-refractivity contribution in [1.29, 1.82) is 0 Å². The van der Waals surface area contributed by atoms with E-state index in [1.165, 1.54) is 19.3 Å². The summed E-state index contributed by atoms with van der Waals surface area (Å²) in [6, 6.07) is 7.28. The van der Waals surface area contributed by atoms with Gasteiger partial charge in [0, 0.05) is 12.6 Å². The van der Waals surface area contributed by atoms with E-state index in [0.29, 0.717) is 4.90 Å². The molecule has 0 atom stereocenters. The number of rotatable bonds is 3. The maximum Gasteiger partial charge on any atom is 0.243 e. The summed E-state index contributed by atoms with van der Waals surface area (Å²) in [5.74, 6) is 2.26. The lowest BCUT2D eigenvalue weighted by Crippen LogP contribution is -2.60. The van der Waals surface area contributed by atoms with Crippen LogP contribution >= 0.6 is 0 Å².